The summed E-state index contributed by atoms with van der Waals surface area (Å²) in [5.41, 5.74) is 8.52. The molecule has 74 valence electrons. The third-order valence-corrected chi connectivity index (χ3v) is 3.13. The topological polar surface area (TPSA) is 58.0 Å². The second-order valence-corrected chi connectivity index (χ2v) is 3.76. The molecule has 1 atom stereocenters. The molecule has 0 saturated carbocycles. The zero-order valence-electron chi connectivity index (χ0n) is 8.36. The lowest BCUT2D eigenvalue weighted by Crippen LogP contribution is -2.19. The highest BCUT2D eigenvalue weighted by Gasteiger charge is 2.36. The van der Waals surface area contributed by atoms with Gasteiger partial charge in [0.1, 0.15) is 0 Å². The molecule has 0 radical (unpaired) electrons. The van der Waals surface area contributed by atoms with E-state index in [-0.39, 0.29) is 6.10 Å². The number of nitrogens with zero attached hydrogens (tertiary/aromatic N) is 3. The summed E-state index contributed by atoms with van der Waals surface area (Å²) in [4.78, 5) is 2.74. The monoisotopic (exact) mass is 183 g/mol. The van der Waals surface area contributed by atoms with Gasteiger partial charge in [-0.05, 0) is 30.2 Å². The number of ether oxygens (including phenoxy) is 1. The number of hydrogen-bond acceptors (Lipinski definition) is 2. The Bertz CT molecular complexity index is 207. The molecule has 0 aliphatic carbocycles. The Hall–Kier alpha value is -0.730. The number of hydrogen-bond donors (Lipinski definition) is 0. The summed E-state index contributed by atoms with van der Waals surface area (Å²) in [5, 5.41) is 3.54. The Balaban J connectivity index is 2.46. The van der Waals surface area contributed by atoms with Crippen LogP contribution >= 0.6 is 0 Å². The molecule has 0 aromatic heterocycles. The van der Waals surface area contributed by atoms with Gasteiger partial charge in [0.2, 0.25) is 0 Å². The summed E-state index contributed by atoms with van der Waals surface area (Å²) < 4.78 is 5.59. The van der Waals surface area contributed by atoms with Crippen LogP contribution in [0.1, 0.15) is 33.1 Å². The lowest BCUT2D eigenvalue weighted by atomic mass is 9.80. The van der Waals surface area contributed by atoms with E-state index in [4.69, 9.17) is 10.3 Å². The third kappa shape index (κ3) is 2.36. The van der Waals surface area contributed by atoms with Crippen molar-refractivity contribution in [3.05, 3.63) is 10.4 Å². The van der Waals surface area contributed by atoms with Gasteiger partial charge < -0.3 is 4.74 Å². The molecule has 4 heteroatoms. The summed E-state index contributed by atoms with van der Waals surface area (Å²) >= 11 is 0. The predicted octanol–water partition coefficient (Wildman–Crippen LogP) is 2.89. The van der Waals surface area contributed by atoms with Gasteiger partial charge in [-0.1, -0.05) is 19.0 Å². The van der Waals surface area contributed by atoms with E-state index in [0.717, 1.165) is 25.9 Å². The normalized spacial score (nSPS) is 25.5. The summed E-state index contributed by atoms with van der Waals surface area (Å²) in [6.45, 7) is 5.70. The first-order valence-electron chi connectivity index (χ1n) is 4.89. The zero-order chi connectivity index (χ0) is 9.73. The Kier molecular flexibility index (Phi) is 3.58. The maximum absolute atomic E-state index is 8.17. The molecule has 0 aromatic rings. The van der Waals surface area contributed by atoms with Crippen molar-refractivity contribution in [2.45, 2.75) is 39.2 Å². The smallest absolute Gasteiger partial charge is 0.0637 e. The molecule has 1 fully saturated rings. The first-order valence-corrected chi connectivity index (χ1v) is 4.89. The third-order valence-electron chi connectivity index (χ3n) is 3.13. The summed E-state index contributed by atoms with van der Waals surface area (Å²) in [7, 11) is 0. The molecule has 1 saturated heterocycles. The fourth-order valence-electron chi connectivity index (χ4n) is 1.88. The van der Waals surface area contributed by atoms with Crippen LogP contribution in [0.25, 0.3) is 10.4 Å². The van der Waals surface area contributed by atoms with Gasteiger partial charge in [0, 0.05) is 4.91 Å². The van der Waals surface area contributed by atoms with Crippen LogP contribution in [-0.2, 0) is 4.74 Å². The van der Waals surface area contributed by atoms with Crippen molar-refractivity contribution in [1.29, 1.82) is 0 Å². The van der Waals surface area contributed by atoms with Gasteiger partial charge in [0.25, 0.3) is 0 Å². The SMILES string of the molecule is CCC1(CC)CO[C@H](CN=[N+]=[N-])C1. The van der Waals surface area contributed by atoms with Crippen molar-refractivity contribution in [3.8, 4) is 0 Å². The second kappa shape index (κ2) is 4.49. The van der Waals surface area contributed by atoms with Crippen molar-refractivity contribution in [2.24, 2.45) is 10.5 Å². The summed E-state index contributed by atoms with van der Waals surface area (Å²) in [6, 6.07) is 0. The molecule has 0 bridgehead atoms. The molecule has 0 aromatic carbocycles. The Morgan fingerprint density at radius 1 is 1.54 bits per heavy atom. The lowest BCUT2D eigenvalue weighted by Gasteiger charge is -2.23. The van der Waals surface area contributed by atoms with Crippen molar-refractivity contribution >= 4 is 0 Å². The minimum atomic E-state index is 0.149. The van der Waals surface area contributed by atoms with Crippen molar-refractivity contribution in [1.82, 2.24) is 0 Å². The van der Waals surface area contributed by atoms with Crippen LogP contribution in [0.3, 0.4) is 0 Å². The van der Waals surface area contributed by atoms with Crippen molar-refractivity contribution in [2.75, 3.05) is 13.2 Å². The maximum atomic E-state index is 8.17. The minimum absolute atomic E-state index is 0.149. The molecule has 0 amide bonds. The van der Waals surface area contributed by atoms with E-state index in [2.05, 4.69) is 23.9 Å². The molecule has 13 heavy (non-hydrogen) atoms. The van der Waals surface area contributed by atoms with Gasteiger partial charge in [0.15, 0.2) is 0 Å². The van der Waals surface area contributed by atoms with Gasteiger partial charge in [-0.15, -0.1) is 0 Å². The van der Waals surface area contributed by atoms with E-state index in [0.29, 0.717) is 12.0 Å². The van der Waals surface area contributed by atoms with E-state index in [9.17, 15) is 0 Å². The van der Waals surface area contributed by atoms with E-state index in [1.807, 2.05) is 0 Å². The zero-order valence-corrected chi connectivity index (χ0v) is 8.36. The average Bonchev–Trinajstić information content (AvgIpc) is 2.59. The molecular weight excluding hydrogens is 166 g/mol. The van der Waals surface area contributed by atoms with Gasteiger partial charge >= 0.3 is 0 Å². The van der Waals surface area contributed by atoms with Crippen molar-refractivity contribution in [3.63, 3.8) is 0 Å². The Morgan fingerprint density at radius 3 is 2.69 bits per heavy atom. The molecule has 1 aliphatic rings. The number of rotatable bonds is 4. The molecule has 4 nitrogen and oxygen atoms in total. The van der Waals surface area contributed by atoms with E-state index in [1.165, 1.54) is 0 Å². The quantitative estimate of drug-likeness (QED) is 0.375. The summed E-state index contributed by atoms with van der Waals surface area (Å²) in [5.74, 6) is 0. The largest absolute Gasteiger partial charge is 0.377 e. The van der Waals surface area contributed by atoms with Crippen LogP contribution in [0, 0.1) is 5.41 Å². The molecule has 0 N–H and O–H groups in total. The molecular formula is C9H17N3O. The maximum Gasteiger partial charge on any atom is 0.0637 e. The number of azide groups is 1. The van der Waals surface area contributed by atoms with E-state index in [1.54, 1.807) is 0 Å². The first kappa shape index (κ1) is 10.4. The molecule has 1 rings (SSSR count). The minimum Gasteiger partial charge on any atom is -0.377 e. The first-order chi connectivity index (χ1) is 6.26. The highest BCUT2D eigenvalue weighted by molar-refractivity contribution is 4.86. The van der Waals surface area contributed by atoms with Crippen LogP contribution in [0.5, 0.6) is 0 Å². The fraction of sp³-hybridized carbons (Fsp3) is 1.00. The van der Waals surface area contributed by atoms with Gasteiger partial charge in [0.05, 0.1) is 19.3 Å². The van der Waals surface area contributed by atoms with E-state index < -0.39 is 0 Å². The van der Waals surface area contributed by atoms with E-state index >= 15 is 0 Å². The van der Waals surface area contributed by atoms with Crippen molar-refractivity contribution < 1.29 is 4.74 Å². The molecule has 0 unspecified atom stereocenters. The van der Waals surface area contributed by atoms with Crippen LogP contribution in [0.15, 0.2) is 5.11 Å². The standard InChI is InChI=1S/C9H17N3O/c1-3-9(4-2)5-8(13-7-9)6-11-12-10/h8H,3-7H2,1-2H3/t8-/m0/s1. The Morgan fingerprint density at radius 2 is 2.23 bits per heavy atom. The van der Waals surface area contributed by atoms with Crippen LogP contribution in [0.4, 0.5) is 0 Å². The molecule has 1 aliphatic heterocycles. The predicted molar refractivity (Wildman–Crippen MR) is 51.4 cm³/mol. The van der Waals surface area contributed by atoms with Gasteiger partial charge in [-0.3, -0.25) is 0 Å². The highest BCUT2D eigenvalue weighted by atomic mass is 16.5. The summed E-state index contributed by atoms with van der Waals surface area (Å²) in [6.07, 6.45) is 3.49. The average molecular weight is 183 g/mol. The van der Waals surface area contributed by atoms with Crippen LogP contribution in [0.2, 0.25) is 0 Å². The Labute approximate surface area is 78.9 Å². The highest BCUT2D eigenvalue weighted by Crippen LogP contribution is 2.38. The van der Waals surface area contributed by atoms with Gasteiger partial charge in [-0.2, -0.15) is 0 Å². The second-order valence-electron chi connectivity index (χ2n) is 3.76. The van der Waals surface area contributed by atoms with Gasteiger partial charge in [-0.25, -0.2) is 0 Å². The molecule has 1 heterocycles. The van der Waals surface area contributed by atoms with Crippen LogP contribution < -0.4 is 0 Å². The fourth-order valence-corrected chi connectivity index (χ4v) is 1.88. The molecule has 0 spiro atoms. The van der Waals surface area contributed by atoms with Crippen LogP contribution in [-0.4, -0.2) is 19.3 Å². The lowest BCUT2D eigenvalue weighted by molar-refractivity contribution is 0.0973.